The van der Waals surface area contributed by atoms with Crippen LogP contribution in [0.2, 0.25) is 0 Å². The van der Waals surface area contributed by atoms with Crippen molar-refractivity contribution in [3.63, 3.8) is 0 Å². The second-order valence-electron chi connectivity index (χ2n) is 7.87. The van der Waals surface area contributed by atoms with Crippen LogP contribution in [0.25, 0.3) is 0 Å². The third-order valence-electron chi connectivity index (χ3n) is 5.63. The summed E-state index contributed by atoms with van der Waals surface area (Å²) in [5.74, 6) is 2.74. The van der Waals surface area contributed by atoms with Crippen LogP contribution >= 0.6 is 0 Å². The molecule has 2 heteroatoms. The second-order valence-corrected chi connectivity index (χ2v) is 7.87. The van der Waals surface area contributed by atoms with Crippen LogP contribution in [0.5, 0.6) is 0 Å². The monoisotopic (exact) mass is 280 g/mol. The molecule has 0 aromatic rings. The molecule has 2 nitrogen and oxygen atoms in total. The van der Waals surface area contributed by atoms with Crippen molar-refractivity contribution in [3.8, 4) is 0 Å². The molecular formula is C18H36N2. The van der Waals surface area contributed by atoms with E-state index in [-0.39, 0.29) is 0 Å². The van der Waals surface area contributed by atoms with E-state index in [1.165, 1.54) is 64.8 Å². The van der Waals surface area contributed by atoms with Crippen LogP contribution < -0.4 is 0 Å². The van der Waals surface area contributed by atoms with E-state index in [1.807, 2.05) is 0 Å². The van der Waals surface area contributed by atoms with E-state index in [4.69, 9.17) is 0 Å². The van der Waals surface area contributed by atoms with E-state index < -0.39 is 0 Å². The Morgan fingerprint density at radius 3 is 1.95 bits per heavy atom. The lowest BCUT2D eigenvalue weighted by molar-refractivity contribution is 0.0638. The van der Waals surface area contributed by atoms with Gasteiger partial charge in [-0.1, -0.05) is 27.7 Å². The molecule has 2 aliphatic rings. The van der Waals surface area contributed by atoms with Gasteiger partial charge in [0, 0.05) is 32.2 Å². The van der Waals surface area contributed by atoms with Gasteiger partial charge < -0.3 is 4.90 Å². The Balaban J connectivity index is 1.67. The molecule has 2 rings (SSSR count). The van der Waals surface area contributed by atoms with Crippen molar-refractivity contribution < 1.29 is 0 Å². The Labute approximate surface area is 126 Å². The number of piperazine rings is 1. The predicted molar refractivity (Wildman–Crippen MR) is 88.1 cm³/mol. The van der Waals surface area contributed by atoms with Crippen LogP contribution in [0.3, 0.4) is 0 Å². The summed E-state index contributed by atoms with van der Waals surface area (Å²) in [5, 5.41) is 0. The largest absolute Gasteiger partial charge is 0.301 e. The first-order chi connectivity index (χ1) is 9.56. The van der Waals surface area contributed by atoms with Gasteiger partial charge in [-0.25, -0.2) is 0 Å². The minimum atomic E-state index is 0.847. The molecule has 0 amide bonds. The molecule has 118 valence electrons. The smallest absolute Gasteiger partial charge is 0.0113 e. The standard InChI is InChI=1S/C18H36N2/c1-15(2)9-10-19-11-13-20(14-12-19)18-7-5-17(6-8-18)16(3)4/h15-18H,5-14H2,1-4H3. The molecule has 0 unspecified atom stereocenters. The summed E-state index contributed by atoms with van der Waals surface area (Å²) >= 11 is 0. The predicted octanol–water partition coefficient (Wildman–Crippen LogP) is 3.86. The maximum atomic E-state index is 2.79. The fourth-order valence-electron chi connectivity index (χ4n) is 3.93. The van der Waals surface area contributed by atoms with Crippen molar-refractivity contribution in [1.29, 1.82) is 0 Å². The Bertz CT molecular complexity index is 259. The molecule has 20 heavy (non-hydrogen) atoms. The van der Waals surface area contributed by atoms with Crippen molar-refractivity contribution in [3.05, 3.63) is 0 Å². The van der Waals surface area contributed by atoms with E-state index in [0.29, 0.717) is 0 Å². The molecule has 1 aliphatic carbocycles. The molecule has 0 radical (unpaired) electrons. The first-order valence-corrected chi connectivity index (χ1v) is 9.02. The van der Waals surface area contributed by atoms with Crippen LogP contribution in [-0.4, -0.2) is 48.6 Å². The zero-order valence-corrected chi connectivity index (χ0v) is 14.3. The average molecular weight is 281 g/mol. The summed E-state index contributed by atoms with van der Waals surface area (Å²) in [7, 11) is 0. The van der Waals surface area contributed by atoms with Crippen molar-refractivity contribution in [1.82, 2.24) is 9.80 Å². The molecule has 0 spiro atoms. The Hall–Kier alpha value is -0.0800. The van der Waals surface area contributed by atoms with E-state index in [9.17, 15) is 0 Å². The van der Waals surface area contributed by atoms with E-state index in [2.05, 4.69) is 37.5 Å². The number of hydrogen-bond acceptors (Lipinski definition) is 2. The third-order valence-corrected chi connectivity index (χ3v) is 5.63. The van der Waals surface area contributed by atoms with Crippen LogP contribution in [0.4, 0.5) is 0 Å². The van der Waals surface area contributed by atoms with Gasteiger partial charge in [-0.3, -0.25) is 4.90 Å². The third kappa shape index (κ3) is 4.73. The van der Waals surface area contributed by atoms with Gasteiger partial charge in [-0.05, 0) is 56.4 Å². The molecule has 0 atom stereocenters. The van der Waals surface area contributed by atoms with Gasteiger partial charge in [0.25, 0.3) is 0 Å². The SMILES string of the molecule is CC(C)CCN1CCN(C2CCC(C(C)C)CC2)CC1. The first-order valence-electron chi connectivity index (χ1n) is 9.02. The lowest BCUT2D eigenvalue weighted by Gasteiger charge is -2.42. The fraction of sp³-hybridized carbons (Fsp3) is 1.00. The molecule has 0 bridgehead atoms. The highest BCUT2D eigenvalue weighted by Gasteiger charge is 2.29. The molecule has 0 N–H and O–H groups in total. The minimum Gasteiger partial charge on any atom is -0.301 e. The Morgan fingerprint density at radius 1 is 0.850 bits per heavy atom. The quantitative estimate of drug-likeness (QED) is 0.754. The highest BCUT2D eigenvalue weighted by molar-refractivity contribution is 4.84. The van der Waals surface area contributed by atoms with Crippen molar-refractivity contribution in [2.45, 2.75) is 65.8 Å². The van der Waals surface area contributed by atoms with Crippen LogP contribution in [0.1, 0.15) is 59.8 Å². The number of rotatable bonds is 5. The molecule has 0 aromatic heterocycles. The van der Waals surface area contributed by atoms with Gasteiger partial charge >= 0.3 is 0 Å². The van der Waals surface area contributed by atoms with E-state index in [1.54, 1.807) is 0 Å². The van der Waals surface area contributed by atoms with Crippen LogP contribution in [-0.2, 0) is 0 Å². The average Bonchev–Trinajstić information content (AvgIpc) is 2.46. The second kappa shape index (κ2) is 7.79. The molecular weight excluding hydrogens is 244 g/mol. The summed E-state index contributed by atoms with van der Waals surface area (Å²) in [5.41, 5.74) is 0. The van der Waals surface area contributed by atoms with Crippen molar-refractivity contribution in [2.75, 3.05) is 32.7 Å². The number of nitrogens with zero attached hydrogens (tertiary/aromatic N) is 2. The van der Waals surface area contributed by atoms with Gasteiger partial charge in [0.05, 0.1) is 0 Å². The first kappa shape index (κ1) is 16.3. The maximum Gasteiger partial charge on any atom is 0.0113 e. The molecule has 1 heterocycles. The Morgan fingerprint density at radius 2 is 1.45 bits per heavy atom. The van der Waals surface area contributed by atoms with Gasteiger partial charge in [0.2, 0.25) is 0 Å². The summed E-state index contributed by atoms with van der Waals surface area (Å²) in [6.45, 7) is 16.0. The number of hydrogen-bond donors (Lipinski definition) is 0. The normalized spacial score (nSPS) is 30.3. The highest BCUT2D eigenvalue weighted by atomic mass is 15.3. The molecule has 1 aliphatic heterocycles. The van der Waals surface area contributed by atoms with Gasteiger partial charge in [0.15, 0.2) is 0 Å². The molecule has 2 fully saturated rings. The fourth-order valence-corrected chi connectivity index (χ4v) is 3.93. The zero-order chi connectivity index (χ0) is 14.5. The maximum absolute atomic E-state index is 2.79. The molecule has 1 saturated heterocycles. The topological polar surface area (TPSA) is 6.48 Å². The highest BCUT2D eigenvalue weighted by Crippen LogP contribution is 2.32. The zero-order valence-electron chi connectivity index (χ0n) is 14.3. The summed E-state index contributed by atoms with van der Waals surface area (Å²) in [6.07, 6.45) is 7.20. The lowest BCUT2D eigenvalue weighted by atomic mass is 9.79. The van der Waals surface area contributed by atoms with Gasteiger partial charge in [0.1, 0.15) is 0 Å². The Kier molecular flexibility index (Phi) is 6.35. The van der Waals surface area contributed by atoms with Crippen LogP contribution in [0.15, 0.2) is 0 Å². The van der Waals surface area contributed by atoms with Crippen LogP contribution in [0, 0.1) is 17.8 Å². The van der Waals surface area contributed by atoms with E-state index in [0.717, 1.165) is 23.8 Å². The van der Waals surface area contributed by atoms with Gasteiger partial charge in [-0.2, -0.15) is 0 Å². The molecule has 0 aromatic carbocycles. The minimum absolute atomic E-state index is 0.847. The summed E-state index contributed by atoms with van der Waals surface area (Å²) in [4.78, 5) is 5.47. The van der Waals surface area contributed by atoms with E-state index >= 15 is 0 Å². The van der Waals surface area contributed by atoms with Gasteiger partial charge in [-0.15, -0.1) is 0 Å². The molecule has 1 saturated carbocycles. The summed E-state index contributed by atoms with van der Waals surface area (Å²) in [6, 6.07) is 0.900. The summed E-state index contributed by atoms with van der Waals surface area (Å²) < 4.78 is 0. The van der Waals surface area contributed by atoms with Crippen molar-refractivity contribution in [2.24, 2.45) is 17.8 Å². The lowest BCUT2D eigenvalue weighted by Crippen LogP contribution is -2.51. The van der Waals surface area contributed by atoms with Crippen molar-refractivity contribution >= 4 is 0 Å².